The van der Waals surface area contributed by atoms with Crippen molar-refractivity contribution in [3.63, 3.8) is 0 Å². The minimum atomic E-state index is -0.0933. The predicted molar refractivity (Wildman–Crippen MR) is 110 cm³/mol. The summed E-state index contributed by atoms with van der Waals surface area (Å²) in [4.78, 5) is 18.0. The average molecular weight is 376 g/mol. The molecule has 27 heavy (non-hydrogen) atoms. The Morgan fingerprint density at radius 3 is 2.78 bits per heavy atom. The molecule has 0 radical (unpaired) electrons. The highest BCUT2D eigenvalue weighted by Gasteiger charge is 2.19. The van der Waals surface area contributed by atoms with Gasteiger partial charge >= 0.3 is 0 Å². The van der Waals surface area contributed by atoms with Crippen LogP contribution in [0.15, 0.2) is 29.3 Å². The van der Waals surface area contributed by atoms with Crippen molar-refractivity contribution in [2.24, 2.45) is 4.99 Å². The lowest BCUT2D eigenvalue weighted by molar-refractivity contribution is -0.114. The second kappa shape index (κ2) is 11.4. The standard InChI is InChI=1S/C20H33N5O2/c1-4-11-25-12-8-17(9-13-25)24-20(21-3)22-10-14-27-19-7-5-6-18(15-19)23-16(2)26/h5-7,15,17H,4,8-14H2,1-3H3,(H,23,26)(H2,21,22,24). The maximum Gasteiger partial charge on any atom is 0.221 e. The summed E-state index contributed by atoms with van der Waals surface area (Å²) >= 11 is 0. The molecule has 0 aromatic heterocycles. The molecule has 0 spiro atoms. The Hall–Kier alpha value is -2.28. The number of likely N-dealkylation sites (tertiary alicyclic amines) is 1. The zero-order chi connectivity index (χ0) is 19.5. The molecule has 3 N–H and O–H groups in total. The van der Waals surface area contributed by atoms with E-state index >= 15 is 0 Å². The van der Waals surface area contributed by atoms with Crippen molar-refractivity contribution in [3.05, 3.63) is 24.3 Å². The number of aliphatic imine (C=N–C) groups is 1. The maximum atomic E-state index is 11.1. The molecule has 1 aromatic rings. The minimum absolute atomic E-state index is 0.0933. The van der Waals surface area contributed by atoms with Crippen molar-refractivity contribution in [2.75, 3.05) is 45.2 Å². The summed E-state index contributed by atoms with van der Waals surface area (Å²) < 4.78 is 5.75. The number of anilines is 1. The Labute approximate surface area is 162 Å². The quantitative estimate of drug-likeness (QED) is 0.368. The third-order valence-corrected chi connectivity index (χ3v) is 4.51. The lowest BCUT2D eigenvalue weighted by Gasteiger charge is -2.32. The van der Waals surface area contributed by atoms with Gasteiger partial charge in [-0.05, 0) is 37.9 Å². The Kier molecular flexibility index (Phi) is 8.91. The van der Waals surface area contributed by atoms with Crippen LogP contribution in [0.2, 0.25) is 0 Å². The molecule has 1 aliphatic heterocycles. The summed E-state index contributed by atoms with van der Waals surface area (Å²) in [6.45, 7) is 8.38. The van der Waals surface area contributed by atoms with Crippen LogP contribution in [-0.2, 0) is 4.79 Å². The third-order valence-electron chi connectivity index (χ3n) is 4.51. The summed E-state index contributed by atoms with van der Waals surface area (Å²) in [7, 11) is 1.79. The lowest BCUT2D eigenvalue weighted by Crippen LogP contribution is -2.49. The van der Waals surface area contributed by atoms with Crippen LogP contribution in [0.5, 0.6) is 5.75 Å². The van der Waals surface area contributed by atoms with E-state index in [0.29, 0.717) is 19.2 Å². The zero-order valence-electron chi connectivity index (χ0n) is 16.8. The number of benzene rings is 1. The highest BCUT2D eigenvalue weighted by molar-refractivity contribution is 5.88. The van der Waals surface area contributed by atoms with E-state index in [1.807, 2.05) is 24.3 Å². The molecule has 1 saturated heterocycles. The van der Waals surface area contributed by atoms with Crippen molar-refractivity contribution in [1.29, 1.82) is 0 Å². The lowest BCUT2D eigenvalue weighted by atomic mass is 10.1. The molecule has 0 atom stereocenters. The zero-order valence-corrected chi connectivity index (χ0v) is 16.8. The van der Waals surface area contributed by atoms with Gasteiger partial charge in [-0.1, -0.05) is 13.0 Å². The number of nitrogens with zero attached hydrogens (tertiary/aromatic N) is 2. The van der Waals surface area contributed by atoms with Crippen LogP contribution in [0.3, 0.4) is 0 Å². The van der Waals surface area contributed by atoms with Crippen LogP contribution in [0.4, 0.5) is 5.69 Å². The van der Waals surface area contributed by atoms with Crippen LogP contribution in [0, 0.1) is 0 Å². The molecule has 0 aliphatic carbocycles. The molecule has 150 valence electrons. The molecular weight excluding hydrogens is 342 g/mol. The number of rotatable bonds is 8. The van der Waals surface area contributed by atoms with Crippen LogP contribution < -0.4 is 20.7 Å². The first-order chi connectivity index (χ1) is 13.1. The van der Waals surface area contributed by atoms with E-state index in [-0.39, 0.29) is 5.91 Å². The molecule has 7 heteroatoms. The summed E-state index contributed by atoms with van der Waals surface area (Å²) in [5.41, 5.74) is 0.736. The fourth-order valence-electron chi connectivity index (χ4n) is 3.21. The van der Waals surface area contributed by atoms with Crippen molar-refractivity contribution < 1.29 is 9.53 Å². The van der Waals surface area contributed by atoms with Crippen molar-refractivity contribution in [2.45, 2.75) is 39.2 Å². The number of amides is 1. The topological polar surface area (TPSA) is 78.0 Å². The molecule has 1 fully saturated rings. The molecule has 0 saturated carbocycles. The molecule has 1 aromatic carbocycles. The molecule has 0 unspecified atom stereocenters. The number of carbonyl (C=O) groups is 1. The fraction of sp³-hybridized carbons (Fsp3) is 0.600. The van der Waals surface area contributed by atoms with Gasteiger partial charge in [0, 0.05) is 44.9 Å². The van der Waals surface area contributed by atoms with Gasteiger partial charge in [-0.2, -0.15) is 0 Å². The van der Waals surface area contributed by atoms with Crippen LogP contribution in [0.1, 0.15) is 33.1 Å². The second-order valence-electron chi connectivity index (χ2n) is 6.82. The van der Waals surface area contributed by atoms with Crippen molar-refractivity contribution in [1.82, 2.24) is 15.5 Å². The predicted octanol–water partition coefficient (Wildman–Crippen LogP) is 2.06. The number of carbonyl (C=O) groups excluding carboxylic acids is 1. The van der Waals surface area contributed by atoms with Gasteiger partial charge in [-0.25, -0.2) is 0 Å². The number of ether oxygens (including phenoxy) is 1. The van der Waals surface area contributed by atoms with Gasteiger partial charge in [-0.15, -0.1) is 0 Å². The minimum Gasteiger partial charge on any atom is -0.492 e. The summed E-state index contributed by atoms with van der Waals surface area (Å²) in [5.74, 6) is 1.46. The van der Waals surface area contributed by atoms with Gasteiger partial charge in [-0.3, -0.25) is 9.79 Å². The Morgan fingerprint density at radius 2 is 2.11 bits per heavy atom. The van der Waals surface area contributed by atoms with Crippen LogP contribution in [-0.4, -0.2) is 62.6 Å². The molecule has 7 nitrogen and oxygen atoms in total. The Balaban J connectivity index is 1.67. The monoisotopic (exact) mass is 375 g/mol. The highest BCUT2D eigenvalue weighted by Crippen LogP contribution is 2.17. The van der Waals surface area contributed by atoms with E-state index in [1.54, 1.807) is 7.05 Å². The van der Waals surface area contributed by atoms with Gasteiger partial charge in [0.2, 0.25) is 5.91 Å². The first-order valence-electron chi connectivity index (χ1n) is 9.80. The first-order valence-corrected chi connectivity index (χ1v) is 9.80. The van der Waals surface area contributed by atoms with Gasteiger partial charge in [0.05, 0.1) is 6.54 Å². The number of hydrogen-bond acceptors (Lipinski definition) is 4. The Bertz CT molecular complexity index is 612. The highest BCUT2D eigenvalue weighted by atomic mass is 16.5. The second-order valence-corrected chi connectivity index (χ2v) is 6.82. The molecule has 1 aliphatic rings. The van der Waals surface area contributed by atoms with E-state index < -0.39 is 0 Å². The normalized spacial score (nSPS) is 16.0. The molecule has 1 heterocycles. The largest absolute Gasteiger partial charge is 0.492 e. The SMILES string of the molecule is CCCN1CCC(NC(=NC)NCCOc2cccc(NC(C)=O)c2)CC1. The van der Waals surface area contributed by atoms with Gasteiger partial charge in [0.15, 0.2) is 5.96 Å². The van der Waals surface area contributed by atoms with E-state index in [0.717, 1.165) is 43.3 Å². The van der Waals surface area contributed by atoms with Gasteiger partial charge in [0.25, 0.3) is 0 Å². The summed E-state index contributed by atoms with van der Waals surface area (Å²) in [5, 5.41) is 9.56. The van der Waals surface area contributed by atoms with Gasteiger partial charge in [0.1, 0.15) is 12.4 Å². The van der Waals surface area contributed by atoms with Crippen LogP contribution in [0.25, 0.3) is 0 Å². The summed E-state index contributed by atoms with van der Waals surface area (Å²) in [6, 6.07) is 7.87. The fourth-order valence-corrected chi connectivity index (χ4v) is 3.21. The number of nitrogens with one attached hydrogen (secondary N) is 3. The smallest absolute Gasteiger partial charge is 0.221 e. The maximum absolute atomic E-state index is 11.1. The van der Waals surface area contributed by atoms with Crippen molar-refractivity contribution >= 4 is 17.6 Å². The molecule has 2 rings (SSSR count). The molecule has 1 amide bonds. The van der Waals surface area contributed by atoms with E-state index in [9.17, 15) is 4.79 Å². The van der Waals surface area contributed by atoms with E-state index in [2.05, 4.69) is 32.8 Å². The Morgan fingerprint density at radius 1 is 1.33 bits per heavy atom. The number of piperidine rings is 1. The number of hydrogen-bond donors (Lipinski definition) is 3. The summed E-state index contributed by atoms with van der Waals surface area (Å²) in [6.07, 6.45) is 3.51. The molecular formula is C20H33N5O2. The molecule has 0 bridgehead atoms. The van der Waals surface area contributed by atoms with Crippen LogP contribution >= 0.6 is 0 Å². The van der Waals surface area contributed by atoms with E-state index in [4.69, 9.17) is 4.74 Å². The number of guanidine groups is 1. The van der Waals surface area contributed by atoms with Crippen molar-refractivity contribution in [3.8, 4) is 5.75 Å². The third kappa shape index (κ3) is 7.86. The first kappa shape index (κ1) is 21.0. The van der Waals surface area contributed by atoms with Gasteiger partial charge < -0.3 is 25.6 Å². The average Bonchev–Trinajstić information content (AvgIpc) is 2.65. The van der Waals surface area contributed by atoms with E-state index in [1.165, 1.54) is 19.9 Å².